The van der Waals surface area contributed by atoms with Crippen LogP contribution in [0.25, 0.3) is 0 Å². The van der Waals surface area contributed by atoms with Gasteiger partial charge in [0.15, 0.2) is 0 Å². The van der Waals surface area contributed by atoms with Gasteiger partial charge < -0.3 is 10.2 Å². The van der Waals surface area contributed by atoms with Crippen molar-refractivity contribution in [1.82, 2.24) is 0 Å². The molecule has 1 rings (SSSR count). The summed E-state index contributed by atoms with van der Waals surface area (Å²) >= 11 is 0. The molecule has 2 N–H and O–H groups in total. The predicted molar refractivity (Wildman–Crippen MR) is 39.6 cm³/mol. The van der Waals surface area contributed by atoms with Gasteiger partial charge in [0.2, 0.25) is 0 Å². The van der Waals surface area contributed by atoms with Gasteiger partial charge in [-0.2, -0.15) is 0 Å². The summed E-state index contributed by atoms with van der Waals surface area (Å²) < 4.78 is 0. The second-order valence-electron chi connectivity index (χ2n) is 3.44. The minimum Gasteiger partial charge on any atom is -0.393 e. The molecule has 1 aliphatic rings. The predicted octanol–water partition coefficient (Wildman–Crippen LogP) is 0.774. The zero-order valence-electron chi connectivity index (χ0n) is 6.62. The molecule has 0 aromatic rings. The van der Waals surface area contributed by atoms with Gasteiger partial charge in [-0.05, 0) is 25.7 Å². The normalized spacial score (nSPS) is 43.8. The first kappa shape index (κ1) is 8.02. The summed E-state index contributed by atoms with van der Waals surface area (Å²) in [7, 11) is 0. The largest absolute Gasteiger partial charge is 0.393 e. The Morgan fingerprint density at radius 2 is 2.00 bits per heavy atom. The van der Waals surface area contributed by atoms with E-state index < -0.39 is 0 Å². The lowest BCUT2D eigenvalue weighted by Gasteiger charge is -2.21. The first-order valence-electron chi connectivity index (χ1n) is 3.99. The zero-order chi connectivity index (χ0) is 7.72. The fourth-order valence-corrected chi connectivity index (χ4v) is 1.99. The summed E-state index contributed by atoms with van der Waals surface area (Å²) in [6, 6.07) is 0. The molecule has 1 saturated carbocycles. The van der Waals surface area contributed by atoms with Crippen LogP contribution in [0.15, 0.2) is 0 Å². The topological polar surface area (TPSA) is 40.5 Å². The number of rotatable bonds is 1. The van der Waals surface area contributed by atoms with Crippen LogP contribution in [0.1, 0.15) is 26.7 Å². The summed E-state index contributed by atoms with van der Waals surface area (Å²) in [5.74, 6) is 0.593. The zero-order valence-corrected chi connectivity index (χ0v) is 6.62. The van der Waals surface area contributed by atoms with Crippen LogP contribution in [-0.2, 0) is 0 Å². The van der Waals surface area contributed by atoms with Crippen LogP contribution in [0.3, 0.4) is 0 Å². The molecule has 0 amide bonds. The molecule has 4 unspecified atom stereocenters. The Labute approximate surface area is 61.9 Å². The van der Waals surface area contributed by atoms with Gasteiger partial charge >= 0.3 is 0 Å². The molecular formula is C8H16O2. The highest BCUT2D eigenvalue weighted by atomic mass is 16.3. The van der Waals surface area contributed by atoms with E-state index in [1.54, 1.807) is 6.92 Å². The molecule has 10 heavy (non-hydrogen) atoms. The molecule has 0 spiro atoms. The lowest BCUT2D eigenvalue weighted by Crippen LogP contribution is -2.28. The van der Waals surface area contributed by atoms with E-state index in [0.29, 0.717) is 5.92 Å². The van der Waals surface area contributed by atoms with Crippen LogP contribution in [-0.4, -0.2) is 22.4 Å². The summed E-state index contributed by atoms with van der Waals surface area (Å²) in [5, 5.41) is 18.6. The second kappa shape index (κ2) is 2.89. The SMILES string of the molecule is CC(O)C1C(C)CCC1O. The molecule has 0 saturated heterocycles. The van der Waals surface area contributed by atoms with E-state index in [-0.39, 0.29) is 18.1 Å². The Morgan fingerprint density at radius 3 is 2.20 bits per heavy atom. The Kier molecular flexibility index (Phi) is 2.32. The van der Waals surface area contributed by atoms with E-state index in [4.69, 9.17) is 0 Å². The Morgan fingerprint density at radius 1 is 1.40 bits per heavy atom. The summed E-state index contributed by atoms with van der Waals surface area (Å²) in [5.41, 5.74) is 0. The third-order valence-electron chi connectivity index (χ3n) is 2.58. The van der Waals surface area contributed by atoms with Crippen molar-refractivity contribution in [3.05, 3.63) is 0 Å². The van der Waals surface area contributed by atoms with Crippen LogP contribution in [0.4, 0.5) is 0 Å². The maximum atomic E-state index is 9.37. The van der Waals surface area contributed by atoms with Crippen molar-refractivity contribution >= 4 is 0 Å². The van der Waals surface area contributed by atoms with Crippen molar-refractivity contribution in [3.8, 4) is 0 Å². The highest BCUT2D eigenvalue weighted by Crippen LogP contribution is 2.33. The molecule has 0 bridgehead atoms. The fraction of sp³-hybridized carbons (Fsp3) is 1.00. The number of aliphatic hydroxyl groups excluding tert-OH is 2. The summed E-state index contributed by atoms with van der Waals surface area (Å²) in [4.78, 5) is 0. The molecule has 4 atom stereocenters. The lowest BCUT2D eigenvalue weighted by molar-refractivity contribution is 0.0258. The monoisotopic (exact) mass is 144 g/mol. The van der Waals surface area contributed by atoms with Gasteiger partial charge in [-0.25, -0.2) is 0 Å². The molecule has 0 heterocycles. The summed E-state index contributed by atoms with van der Waals surface area (Å²) in [6.07, 6.45) is 1.29. The van der Waals surface area contributed by atoms with Gasteiger partial charge in [-0.3, -0.25) is 0 Å². The van der Waals surface area contributed by atoms with Crippen LogP contribution in [0, 0.1) is 11.8 Å². The van der Waals surface area contributed by atoms with Crippen LogP contribution in [0.2, 0.25) is 0 Å². The van der Waals surface area contributed by atoms with Gasteiger partial charge in [-0.15, -0.1) is 0 Å². The second-order valence-corrected chi connectivity index (χ2v) is 3.44. The van der Waals surface area contributed by atoms with Crippen molar-refractivity contribution in [3.63, 3.8) is 0 Å². The quantitative estimate of drug-likeness (QED) is 0.570. The smallest absolute Gasteiger partial charge is 0.0595 e. The number of hydrogen-bond acceptors (Lipinski definition) is 2. The van der Waals surface area contributed by atoms with Crippen molar-refractivity contribution < 1.29 is 10.2 Å². The fourth-order valence-electron chi connectivity index (χ4n) is 1.99. The summed E-state index contributed by atoms with van der Waals surface area (Å²) in [6.45, 7) is 3.85. The lowest BCUT2D eigenvalue weighted by atomic mass is 9.92. The van der Waals surface area contributed by atoms with Crippen LogP contribution >= 0.6 is 0 Å². The molecule has 2 heteroatoms. The molecule has 2 nitrogen and oxygen atoms in total. The molecule has 1 aliphatic carbocycles. The maximum absolute atomic E-state index is 9.37. The van der Waals surface area contributed by atoms with E-state index in [2.05, 4.69) is 6.92 Å². The van der Waals surface area contributed by atoms with Gasteiger partial charge in [0.1, 0.15) is 0 Å². The van der Waals surface area contributed by atoms with E-state index in [0.717, 1.165) is 12.8 Å². The molecule has 0 aliphatic heterocycles. The average Bonchev–Trinajstić information content (AvgIpc) is 2.11. The van der Waals surface area contributed by atoms with Crippen molar-refractivity contribution in [2.45, 2.75) is 38.9 Å². The highest BCUT2D eigenvalue weighted by Gasteiger charge is 2.34. The van der Waals surface area contributed by atoms with E-state index >= 15 is 0 Å². The Hall–Kier alpha value is -0.0800. The third-order valence-corrected chi connectivity index (χ3v) is 2.58. The Balaban J connectivity index is 2.54. The molecule has 0 radical (unpaired) electrons. The van der Waals surface area contributed by atoms with Gasteiger partial charge in [-0.1, -0.05) is 6.92 Å². The molecular weight excluding hydrogens is 128 g/mol. The van der Waals surface area contributed by atoms with Crippen molar-refractivity contribution in [2.75, 3.05) is 0 Å². The van der Waals surface area contributed by atoms with Crippen LogP contribution < -0.4 is 0 Å². The molecule has 0 aromatic carbocycles. The highest BCUT2D eigenvalue weighted by molar-refractivity contribution is 4.85. The first-order chi connectivity index (χ1) is 4.63. The molecule has 60 valence electrons. The minimum absolute atomic E-state index is 0.111. The van der Waals surface area contributed by atoms with Crippen molar-refractivity contribution in [1.29, 1.82) is 0 Å². The average molecular weight is 144 g/mol. The van der Waals surface area contributed by atoms with E-state index in [1.807, 2.05) is 0 Å². The number of aliphatic hydroxyl groups is 2. The van der Waals surface area contributed by atoms with Crippen molar-refractivity contribution in [2.24, 2.45) is 11.8 Å². The van der Waals surface area contributed by atoms with E-state index in [9.17, 15) is 10.2 Å². The van der Waals surface area contributed by atoms with Gasteiger partial charge in [0.25, 0.3) is 0 Å². The maximum Gasteiger partial charge on any atom is 0.0595 e. The first-order valence-corrected chi connectivity index (χ1v) is 3.99. The van der Waals surface area contributed by atoms with Gasteiger partial charge in [0.05, 0.1) is 12.2 Å². The Bertz CT molecular complexity index is 102. The third kappa shape index (κ3) is 1.32. The molecule has 1 fully saturated rings. The van der Waals surface area contributed by atoms with Crippen LogP contribution in [0.5, 0.6) is 0 Å². The standard InChI is InChI=1S/C8H16O2/c1-5-3-4-7(10)8(5)6(2)9/h5-10H,3-4H2,1-2H3. The van der Waals surface area contributed by atoms with E-state index in [1.165, 1.54) is 0 Å². The minimum atomic E-state index is -0.354. The number of hydrogen-bond donors (Lipinski definition) is 2. The van der Waals surface area contributed by atoms with Gasteiger partial charge in [0, 0.05) is 5.92 Å². The molecule has 0 aromatic heterocycles.